The Kier molecular flexibility index (Phi) is 8.22. The van der Waals surface area contributed by atoms with Gasteiger partial charge in [0.05, 0.1) is 17.3 Å². The first-order valence-corrected chi connectivity index (χ1v) is 13.7. The van der Waals surface area contributed by atoms with E-state index in [0.717, 1.165) is 14.6 Å². The average molecular weight is 550 g/mol. The van der Waals surface area contributed by atoms with Crippen LogP contribution in [0.4, 0.5) is 0 Å². The van der Waals surface area contributed by atoms with Crippen molar-refractivity contribution in [1.29, 1.82) is 0 Å². The summed E-state index contributed by atoms with van der Waals surface area (Å²) < 4.78 is 12.5. The number of likely N-dealkylation sites (tertiary alicyclic amines) is 1. The molecule has 3 aromatic rings. The monoisotopic (exact) mass is 549 g/mol. The van der Waals surface area contributed by atoms with Gasteiger partial charge in [0, 0.05) is 0 Å². The molecule has 0 bridgehead atoms. The van der Waals surface area contributed by atoms with E-state index in [1.165, 1.54) is 44.9 Å². The van der Waals surface area contributed by atoms with E-state index in [2.05, 4.69) is 10.3 Å². The van der Waals surface area contributed by atoms with Crippen molar-refractivity contribution in [3.8, 4) is 5.75 Å². The van der Waals surface area contributed by atoms with E-state index in [1.807, 2.05) is 30.3 Å². The summed E-state index contributed by atoms with van der Waals surface area (Å²) in [5.74, 6) is -0.198. The van der Waals surface area contributed by atoms with Crippen molar-refractivity contribution >= 4 is 71.8 Å². The number of halogens is 1. The van der Waals surface area contributed by atoms with Crippen molar-refractivity contribution in [2.75, 3.05) is 13.7 Å². The number of aromatic nitrogens is 1. The normalized spacial score (nSPS) is 18.0. The second-order valence-electron chi connectivity index (χ2n) is 7.26. The second kappa shape index (κ2) is 11.3. The number of carbonyl (C=O) groups excluding carboxylic acids is 3. The van der Waals surface area contributed by atoms with Gasteiger partial charge >= 0.3 is 0 Å². The minimum Gasteiger partial charge on any atom is -0.499 e. The number of rotatable bonds is 10. The molecule has 1 saturated heterocycles. The molecule has 0 spiro atoms. The van der Waals surface area contributed by atoms with Crippen LogP contribution in [0.5, 0.6) is 5.75 Å². The van der Waals surface area contributed by atoms with E-state index in [1.54, 1.807) is 31.2 Å². The van der Waals surface area contributed by atoms with Crippen LogP contribution in [-0.2, 0) is 19.1 Å². The van der Waals surface area contributed by atoms with Crippen molar-refractivity contribution in [3.05, 3.63) is 66.1 Å². The standard InChI is InChI=1S/C23H20ClN3O5S3/c1-13(31-2)19(20(24)29)27-21(30)18(26-17(28)12-32-14-8-4-3-5-9-14)22(27)34-35-23-25-15-10-6-7-11-16(15)33-23/h3-11,18,22H,12H2,1-2H3,(H,26,28)/b19-13-. The molecule has 182 valence electrons. The summed E-state index contributed by atoms with van der Waals surface area (Å²) in [6.45, 7) is 1.29. The molecule has 1 aliphatic heterocycles. The molecule has 2 heterocycles. The molecule has 0 radical (unpaired) electrons. The zero-order chi connectivity index (χ0) is 24.9. The van der Waals surface area contributed by atoms with Gasteiger partial charge in [-0.3, -0.25) is 19.3 Å². The van der Waals surface area contributed by atoms with Crippen LogP contribution in [0.2, 0.25) is 0 Å². The summed E-state index contributed by atoms with van der Waals surface area (Å²) >= 11 is 7.31. The number of para-hydroxylation sites is 2. The first kappa shape index (κ1) is 25.4. The number of methoxy groups -OCH3 is 1. The molecule has 2 atom stereocenters. The third-order valence-corrected chi connectivity index (χ3v) is 9.22. The van der Waals surface area contributed by atoms with Gasteiger partial charge in [-0.2, -0.15) is 0 Å². The molecule has 12 heteroatoms. The Morgan fingerprint density at radius 1 is 1.17 bits per heavy atom. The quantitative estimate of drug-likeness (QED) is 0.131. The molecule has 2 aromatic carbocycles. The Labute approximate surface area is 218 Å². The SMILES string of the molecule is CO/C(C)=C(/C(=O)Cl)N1C(=O)C(NC(=O)COc2ccccc2)C1SSc1nc2ccccc2s1. The minimum absolute atomic E-state index is 0.0624. The van der Waals surface area contributed by atoms with Crippen LogP contribution in [0, 0.1) is 0 Å². The number of carbonyl (C=O) groups is 3. The maximum Gasteiger partial charge on any atom is 0.272 e. The van der Waals surface area contributed by atoms with Gasteiger partial charge in [0.15, 0.2) is 10.9 Å². The second-order valence-corrected chi connectivity index (χ2v) is 11.2. The van der Waals surface area contributed by atoms with Gasteiger partial charge in [0.1, 0.15) is 28.6 Å². The molecule has 1 fully saturated rings. The lowest BCUT2D eigenvalue weighted by molar-refractivity contribution is -0.147. The summed E-state index contributed by atoms with van der Waals surface area (Å²) in [4.78, 5) is 43.6. The van der Waals surface area contributed by atoms with Gasteiger partial charge < -0.3 is 14.8 Å². The van der Waals surface area contributed by atoms with Crippen LogP contribution in [0.15, 0.2) is 70.4 Å². The van der Waals surface area contributed by atoms with Gasteiger partial charge in [-0.25, -0.2) is 4.98 Å². The fourth-order valence-electron chi connectivity index (χ4n) is 3.29. The molecule has 1 N–H and O–H groups in total. The topological polar surface area (TPSA) is 97.8 Å². The van der Waals surface area contributed by atoms with Crippen molar-refractivity contribution in [2.45, 2.75) is 22.7 Å². The lowest BCUT2D eigenvalue weighted by Gasteiger charge is -2.46. The highest BCUT2D eigenvalue weighted by Gasteiger charge is 2.52. The van der Waals surface area contributed by atoms with Crippen LogP contribution >= 0.6 is 44.5 Å². The third kappa shape index (κ3) is 5.75. The zero-order valence-corrected chi connectivity index (χ0v) is 21.8. The lowest BCUT2D eigenvalue weighted by Crippen LogP contribution is -2.69. The molecule has 1 aromatic heterocycles. The van der Waals surface area contributed by atoms with E-state index in [9.17, 15) is 14.4 Å². The number of ether oxygens (including phenoxy) is 2. The number of benzene rings is 2. The van der Waals surface area contributed by atoms with Crippen LogP contribution in [0.3, 0.4) is 0 Å². The van der Waals surface area contributed by atoms with Gasteiger partial charge in [-0.1, -0.05) is 41.1 Å². The van der Waals surface area contributed by atoms with Crippen molar-refractivity contribution < 1.29 is 23.9 Å². The Morgan fingerprint density at radius 2 is 1.89 bits per heavy atom. The van der Waals surface area contributed by atoms with Gasteiger partial charge in [-0.05, 0) is 53.6 Å². The highest BCUT2D eigenvalue weighted by Crippen LogP contribution is 2.45. The number of thiazole rings is 1. The predicted octanol–water partition coefficient (Wildman–Crippen LogP) is 4.41. The molecule has 8 nitrogen and oxygen atoms in total. The van der Waals surface area contributed by atoms with Crippen LogP contribution in [0.1, 0.15) is 6.92 Å². The Balaban J connectivity index is 1.50. The Bertz CT molecular complexity index is 1250. The van der Waals surface area contributed by atoms with E-state index < -0.39 is 28.5 Å². The van der Waals surface area contributed by atoms with Crippen molar-refractivity contribution in [2.24, 2.45) is 0 Å². The number of hydrogen-bond acceptors (Lipinski definition) is 9. The summed E-state index contributed by atoms with van der Waals surface area (Å²) in [5, 5.41) is 1.26. The molecule has 35 heavy (non-hydrogen) atoms. The van der Waals surface area contributed by atoms with E-state index >= 15 is 0 Å². The molecular formula is C23H20ClN3O5S3. The van der Waals surface area contributed by atoms with E-state index in [4.69, 9.17) is 21.1 Å². The smallest absolute Gasteiger partial charge is 0.272 e. The number of allylic oxidation sites excluding steroid dienone is 2. The number of amides is 2. The van der Waals surface area contributed by atoms with Gasteiger partial charge in [0.2, 0.25) is 0 Å². The Hall–Kier alpha value is -2.73. The summed E-state index contributed by atoms with van der Waals surface area (Å²) in [6.07, 6.45) is 0. The summed E-state index contributed by atoms with van der Waals surface area (Å²) in [6, 6.07) is 15.7. The zero-order valence-electron chi connectivity index (χ0n) is 18.6. The minimum atomic E-state index is -0.885. The first-order valence-electron chi connectivity index (χ1n) is 10.3. The predicted molar refractivity (Wildman–Crippen MR) is 138 cm³/mol. The maximum absolute atomic E-state index is 13.0. The molecular weight excluding hydrogens is 530 g/mol. The molecule has 4 rings (SSSR count). The number of nitrogens with zero attached hydrogens (tertiary/aromatic N) is 2. The van der Waals surface area contributed by atoms with Crippen LogP contribution < -0.4 is 10.1 Å². The summed E-state index contributed by atoms with van der Waals surface area (Å²) in [5.41, 5.74) is 0.810. The number of hydrogen-bond donors (Lipinski definition) is 1. The number of nitrogens with one attached hydrogen (secondary N) is 1. The average Bonchev–Trinajstić information content (AvgIpc) is 3.28. The van der Waals surface area contributed by atoms with Crippen LogP contribution in [-0.4, -0.2) is 52.1 Å². The number of fused-ring (bicyclic) bond motifs is 1. The molecule has 0 saturated carbocycles. The fourth-order valence-corrected chi connectivity index (χ4v) is 7.43. The highest BCUT2D eigenvalue weighted by molar-refractivity contribution is 8.77. The van der Waals surface area contributed by atoms with Gasteiger partial charge in [-0.15, -0.1) is 11.3 Å². The highest BCUT2D eigenvalue weighted by atomic mass is 35.5. The first-order chi connectivity index (χ1) is 16.9. The summed E-state index contributed by atoms with van der Waals surface area (Å²) in [7, 11) is 4.04. The van der Waals surface area contributed by atoms with Crippen LogP contribution in [0.25, 0.3) is 10.2 Å². The molecule has 2 amide bonds. The van der Waals surface area contributed by atoms with E-state index in [0.29, 0.717) is 5.75 Å². The maximum atomic E-state index is 13.0. The molecule has 1 aliphatic rings. The van der Waals surface area contributed by atoms with E-state index in [-0.39, 0.29) is 18.1 Å². The van der Waals surface area contributed by atoms with Crippen molar-refractivity contribution in [1.82, 2.24) is 15.2 Å². The number of β-lactam (4-membered cyclic amide) rings is 1. The Morgan fingerprint density at radius 3 is 2.57 bits per heavy atom. The van der Waals surface area contributed by atoms with Gasteiger partial charge in [0.25, 0.3) is 17.1 Å². The lowest BCUT2D eigenvalue weighted by atomic mass is 10.1. The molecule has 0 aliphatic carbocycles. The van der Waals surface area contributed by atoms with Crippen molar-refractivity contribution in [3.63, 3.8) is 0 Å². The third-order valence-electron chi connectivity index (χ3n) is 5.03. The molecule has 2 unspecified atom stereocenters. The fraction of sp³-hybridized carbons (Fsp3) is 0.217. The largest absolute Gasteiger partial charge is 0.499 e.